The Morgan fingerprint density at radius 3 is 2.96 bits per heavy atom. The molecule has 0 atom stereocenters. The lowest BCUT2D eigenvalue weighted by Crippen LogP contribution is -2.33. The minimum Gasteiger partial charge on any atom is -0.481 e. The first kappa shape index (κ1) is 17.1. The van der Waals surface area contributed by atoms with Crippen molar-refractivity contribution in [2.45, 2.75) is 32.5 Å². The van der Waals surface area contributed by atoms with Crippen molar-refractivity contribution in [3.05, 3.63) is 46.4 Å². The Hall–Kier alpha value is -2.38. The predicted octanol–water partition coefficient (Wildman–Crippen LogP) is 2.46. The molecule has 0 aliphatic carbocycles. The number of aliphatic carboxylic acids is 1. The van der Waals surface area contributed by atoms with Gasteiger partial charge in [-0.05, 0) is 18.2 Å². The van der Waals surface area contributed by atoms with Crippen LogP contribution in [0, 0.1) is 0 Å². The molecule has 0 amide bonds. The van der Waals surface area contributed by atoms with Crippen LogP contribution in [0.3, 0.4) is 0 Å². The maximum absolute atomic E-state index is 10.7. The van der Waals surface area contributed by atoms with Crippen LogP contribution in [0.25, 0.3) is 10.9 Å². The summed E-state index contributed by atoms with van der Waals surface area (Å²) in [4.78, 5) is 13.1. The average Bonchev–Trinajstić information content (AvgIpc) is 3.15. The third-order valence-electron chi connectivity index (χ3n) is 4.80. The zero-order chi connectivity index (χ0) is 18.3. The summed E-state index contributed by atoms with van der Waals surface area (Å²) in [5, 5.41) is 19.7. The minimum absolute atomic E-state index is 0.110. The van der Waals surface area contributed by atoms with E-state index in [4.69, 9.17) is 16.7 Å². The van der Waals surface area contributed by atoms with E-state index in [0.717, 1.165) is 59.2 Å². The van der Waals surface area contributed by atoms with Gasteiger partial charge in [0, 0.05) is 38.5 Å². The van der Waals surface area contributed by atoms with Crippen LogP contribution in [0.2, 0.25) is 5.02 Å². The molecule has 0 unspecified atom stereocenters. The largest absolute Gasteiger partial charge is 0.481 e. The van der Waals surface area contributed by atoms with Gasteiger partial charge in [0.15, 0.2) is 0 Å². The molecule has 3 heterocycles. The van der Waals surface area contributed by atoms with Crippen molar-refractivity contribution in [3.63, 3.8) is 0 Å². The molecule has 7 nitrogen and oxygen atoms in total. The molecule has 3 aromatic rings. The first-order valence-electron chi connectivity index (χ1n) is 8.61. The molecule has 2 aromatic heterocycles. The molecule has 0 radical (unpaired) electrons. The van der Waals surface area contributed by atoms with Gasteiger partial charge in [-0.3, -0.25) is 19.1 Å². The second-order valence-electron chi connectivity index (χ2n) is 6.66. The maximum atomic E-state index is 10.7. The van der Waals surface area contributed by atoms with Gasteiger partial charge < -0.3 is 5.11 Å². The molecule has 0 fully saturated rings. The Morgan fingerprint density at radius 1 is 1.31 bits per heavy atom. The third-order valence-corrected chi connectivity index (χ3v) is 5.11. The van der Waals surface area contributed by atoms with Gasteiger partial charge in [0.1, 0.15) is 0 Å². The smallest absolute Gasteiger partial charge is 0.303 e. The summed E-state index contributed by atoms with van der Waals surface area (Å²) in [6.45, 7) is 3.15. The van der Waals surface area contributed by atoms with Crippen LogP contribution in [0.15, 0.2) is 24.3 Å². The van der Waals surface area contributed by atoms with E-state index >= 15 is 0 Å². The van der Waals surface area contributed by atoms with Crippen molar-refractivity contribution in [1.82, 2.24) is 24.5 Å². The Bertz CT molecular complexity index is 978. The number of fused-ring (bicyclic) bond motifs is 2. The van der Waals surface area contributed by atoms with Crippen molar-refractivity contribution < 1.29 is 9.90 Å². The van der Waals surface area contributed by atoms with Gasteiger partial charge in [-0.25, -0.2) is 0 Å². The van der Waals surface area contributed by atoms with E-state index in [2.05, 4.69) is 15.1 Å². The van der Waals surface area contributed by atoms with Crippen LogP contribution in [0.1, 0.15) is 23.5 Å². The highest BCUT2D eigenvalue weighted by Gasteiger charge is 2.21. The molecular formula is C18H20ClN5O2. The van der Waals surface area contributed by atoms with E-state index in [9.17, 15) is 4.79 Å². The van der Waals surface area contributed by atoms with E-state index < -0.39 is 5.97 Å². The lowest BCUT2D eigenvalue weighted by atomic mass is 10.2. The fraction of sp³-hybridized carbons (Fsp3) is 0.389. The Balaban J connectivity index is 1.52. The Labute approximate surface area is 155 Å². The molecule has 1 aromatic carbocycles. The number of nitrogens with zero attached hydrogens (tertiary/aromatic N) is 5. The van der Waals surface area contributed by atoms with E-state index in [1.54, 1.807) is 0 Å². The van der Waals surface area contributed by atoms with Crippen LogP contribution in [-0.2, 0) is 37.9 Å². The van der Waals surface area contributed by atoms with Crippen LogP contribution in [0.4, 0.5) is 0 Å². The molecule has 0 spiro atoms. The molecular weight excluding hydrogens is 354 g/mol. The maximum Gasteiger partial charge on any atom is 0.303 e. The third kappa shape index (κ3) is 3.20. The van der Waals surface area contributed by atoms with E-state index in [1.807, 2.05) is 40.7 Å². The second-order valence-corrected chi connectivity index (χ2v) is 7.07. The Kier molecular flexibility index (Phi) is 4.42. The minimum atomic E-state index is -0.795. The molecule has 1 N–H and O–H groups in total. The fourth-order valence-corrected chi connectivity index (χ4v) is 3.83. The normalized spacial score (nSPS) is 14.7. The number of rotatable bonds is 5. The highest BCUT2D eigenvalue weighted by Crippen LogP contribution is 2.28. The average molecular weight is 374 g/mol. The Morgan fingerprint density at radius 2 is 2.15 bits per heavy atom. The monoisotopic (exact) mass is 373 g/mol. The van der Waals surface area contributed by atoms with Crippen LogP contribution < -0.4 is 0 Å². The topological polar surface area (TPSA) is 76.2 Å². The molecule has 4 rings (SSSR count). The van der Waals surface area contributed by atoms with Crippen LogP contribution in [0.5, 0.6) is 0 Å². The molecule has 8 heteroatoms. The van der Waals surface area contributed by atoms with Crippen molar-refractivity contribution in [2.24, 2.45) is 7.05 Å². The van der Waals surface area contributed by atoms with Gasteiger partial charge >= 0.3 is 5.97 Å². The molecule has 0 saturated carbocycles. The van der Waals surface area contributed by atoms with Crippen LogP contribution in [-0.4, -0.2) is 42.1 Å². The number of halogens is 1. The van der Waals surface area contributed by atoms with Crippen LogP contribution >= 0.6 is 11.6 Å². The van der Waals surface area contributed by atoms with Gasteiger partial charge in [0.05, 0.1) is 40.6 Å². The van der Waals surface area contributed by atoms with Crippen molar-refractivity contribution in [1.29, 1.82) is 0 Å². The number of carboxylic acid groups (broad SMARTS) is 1. The lowest BCUT2D eigenvalue weighted by molar-refractivity contribution is -0.136. The lowest BCUT2D eigenvalue weighted by Gasteiger charge is -2.26. The van der Waals surface area contributed by atoms with E-state index in [1.165, 1.54) is 0 Å². The quantitative estimate of drug-likeness (QED) is 0.743. The number of aromatic nitrogens is 4. The molecule has 0 saturated heterocycles. The molecule has 1 aliphatic heterocycles. The summed E-state index contributed by atoms with van der Waals surface area (Å²) in [5.74, 6) is -0.795. The number of carbonyl (C=O) groups is 1. The van der Waals surface area contributed by atoms with E-state index in [-0.39, 0.29) is 6.42 Å². The number of hydrogen-bond donors (Lipinski definition) is 1. The predicted molar refractivity (Wildman–Crippen MR) is 98.0 cm³/mol. The van der Waals surface area contributed by atoms with Crippen molar-refractivity contribution in [2.75, 3.05) is 6.54 Å². The zero-order valence-corrected chi connectivity index (χ0v) is 15.3. The SMILES string of the molecule is Cn1nc(CN2CCn3nc(CCC(=O)O)cc3C2)c2c(Cl)cccc21. The summed E-state index contributed by atoms with van der Waals surface area (Å²) >= 11 is 6.40. The zero-order valence-electron chi connectivity index (χ0n) is 14.5. The van der Waals surface area contributed by atoms with Gasteiger partial charge in [-0.15, -0.1) is 0 Å². The fourth-order valence-electron chi connectivity index (χ4n) is 3.55. The second kappa shape index (κ2) is 6.74. The first-order valence-corrected chi connectivity index (χ1v) is 8.99. The number of aryl methyl sites for hydroxylation is 2. The standard InChI is InChI=1S/C18H20ClN5O2/c1-22-16-4-2-3-14(19)18(16)15(21-22)11-23-7-8-24-13(10-23)9-12(20-24)5-6-17(25)26/h2-4,9H,5-8,10-11H2,1H3,(H,25,26). The van der Waals surface area contributed by atoms with Crippen molar-refractivity contribution in [3.8, 4) is 0 Å². The highest BCUT2D eigenvalue weighted by molar-refractivity contribution is 6.35. The molecule has 26 heavy (non-hydrogen) atoms. The van der Waals surface area contributed by atoms with E-state index in [0.29, 0.717) is 6.42 Å². The first-order chi connectivity index (χ1) is 12.5. The summed E-state index contributed by atoms with van der Waals surface area (Å²) in [5.41, 5.74) is 3.97. The van der Waals surface area contributed by atoms with Gasteiger partial charge in [0.25, 0.3) is 0 Å². The summed E-state index contributed by atoms with van der Waals surface area (Å²) in [6, 6.07) is 7.87. The molecule has 0 bridgehead atoms. The number of benzene rings is 1. The highest BCUT2D eigenvalue weighted by atomic mass is 35.5. The summed E-state index contributed by atoms with van der Waals surface area (Å²) in [6.07, 6.45) is 0.578. The summed E-state index contributed by atoms with van der Waals surface area (Å²) < 4.78 is 3.85. The number of carboxylic acids is 1. The summed E-state index contributed by atoms with van der Waals surface area (Å²) in [7, 11) is 1.93. The van der Waals surface area contributed by atoms with Gasteiger partial charge in [0.2, 0.25) is 0 Å². The van der Waals surface area contributed by atoms with Gasteiger partial charge in [-0.1, -0.05) is 17.7 Å². The molecule has 136 valence electrons. The van der Waals surface area contributed by atoms with Gasteiger partial charge in [-0.2, -0.15) is 10.2 Å². The van der Waals surface area contributed by atoms with Crippen molar-refractivity contribution >= 4 is 28.5 Å². The number of hydrogen-bond acceptors (Lipinski definition) is 4. The molecule has 1 aliphatic rings.